The molecule has 0 spiro atoms. The number of azo groups is 1. The van der Waals surface area contributed by atoms with Gasteiger partial charge in [0, 0.05) is 12.8 Å². The summed E-state index contributed by atoms with van der Waals surface area (Å²) in [6, 6.07) is 3.87. The van der Waals surface area contributed by atoms with Crippen molar-refractivity contribution in [3.63, 3.8) is 0 Å². The second kappa shape index (κ2) is 10.3. The lowest BCUT2D eigenvalue weighted by atomic mass is 9.97. The Morgan fingerprint density at radius 2 is 1.58 bits per heavy atom. The van der Waals surface area contributed by atoms with Crippen LogP contribution in [0.4, 0.5) is 0 Å². The minimum Gasteiger partial charge on any atom is -0.481 e. The number of carboxylic acid groups (broad SMARTS) is 1. The van der Waals surface area contributed by atoms with E-state index in [0.29, 0.717) is 6.61 Å². The van der Waals surface area contributed by atoms with Gasteiger partial charge in [-0.3, -0.25) is 9.59 Å². The van der Waals surface area contributed by atoms with Gasteiger partial charge in [-0.05, 0) is 33.1 Å². The highest BCUT2D eigenvalue weighted by Gasteiger charge is 2.29. The maximum Gasteiger partial charge on any atom is 0.305 e. The number of unbranched alkanes of at least 4 members (excludes halogenated alkanes) is 1. The Morgan fingerprint density at radius 3 is 2.00 bits per heavy atom. The molecule has 0 amide bonds. The van der Waals surface area contributed by atoms with Crippen molar-refractivity contribution in [1.82, 2.24) is 0 Å². The van der Waals surface area contributed by atoms with Crippen molar-refractivity contribution in [1.29, 1.82) is 10.5 Å². The molecular weight excluding hydrogens is 312 g/mol. The number of nitriles is 2. The molecule has 0 bridgehead atoms. The molecular formula is C16H24N4O4. The molecule has 0 rings (SSSR count). The number of hydrogen-bond donors (Lipinski definition) is 1. The smallest absolute Gasteiger partial charge is 0.305 e. The van der Waals surface area contributed by atoms with Crippen molar-refractivity contribution < 1.29 is 19.4 Å². The van der Waals surface area contributed by atoms with Crippen LogP contribution < -0.4 is 0 Å². The molecule has 132 valence electrons. The summed E-state index contributed by atoms with van der Waals surface area (Å²) in [7, 11) is 0. The molecule has 0 fully saturated rings. The van der Waals surface area contributed by atoms with Gasteiger partial charge >= 0.3 is 11.9 Å². The van der Waals surface area contributed by atoms with Crippen LogP contribution in [0.5, 0.6) is 0 Å². The van der Waals surface area contributed by atoms with Gasteiger partial charge in [-0.25, -0.2) is 0 Å². The lowest BCUT2D eigenvalue weighted by Crippen LogP contribution is -2.25. The van der Waals surface area contributed by atoms with Gasteiger partial charge in [0.15, 0.2) is 11.1 Å². The fourth-order valence-electron chi connectivity index (χ4n) is 1.58. The van der Waals surface area contributed by atoms with Crippen molar-refractivity contribution in [3.05, 3.63) is 0 Å². The fourth-order valence-corrected chi connectivity index (χ4v) is 1.58. The van der Waals surface area contributed by atoms with E-state index in [9.17, 15) is 14.9 Å². The van der Waals surface area contributed by atoms with Crippen LogP contribution in [0.25, 0.3) is 0 Å². The van der Waals surface area contributed by atoms with Gasteiger partial charge in [0.1, 0.15) is 0 Å². The molecule has 8 nitrogen and oxygen atoms in total. The molecule has 0 aliphatic rings. The van der Waals surface area contributed by atoms with E-state index in [0.717, 1.165) is 12.8 Å². The first-order valence-corrected chi connectivity index (χ1v) is 7.84. The topological polar surface area (TPSA) is 136 Å². The minimum atomic E-state index is -1.32. The molecule has 0 saturated carbocycles. The van der Waals surface area contributed by atoms with Gasteiger partial charge in [-0.1, -0.05) is 13.3 Å². The van der Waals surface area contributed by atoms with E-state index in [1.54, 1.807) is 0 Å². The predicted octanol–water partition coefficient (Wildman–Crippen LogP) is 2.99. The highest BCUT2D eigenvalue weighted by molar-refractivity contribution is 5.69. The van der Waals surface area contributed by atoms with E-state index in [-0.39, 0.29) is 25.7 Å². The Balaban J connectivity index is 4.74. The summed E-state index contributed by atoms with van der Waals surface area (Å²) in [6.07, 6.45) is 1.59. The summed E-state index contributed by atoms with van der Waals surface area (Å²) in [5.74, 6) is -1.45. The molecule has 2 unspecified atom stereocenters. The number of carbonyl (C=O) groups is 2. The molecule has 0 aromatic heterocycles. The lowest BCUT2D eigenvalue weighted by molar-refractivity contribution is -0.144. The number of carboxylic acids is 1. The zero-order chi connectivity index (χ0) is 18.6. The van der Waals surface area contributed by atoms with E-state index >= 15 is 0 Å². The zero-order valence-corrected chi connectivity index (χ0v) is 14.4. The molecule has 2 atom stereocenters. The third-order valence-corrected chi connectivity index (χ3v) is 3.38. The van der Waals surface area contributed by atoms with Gasteiger partial charge in [-0.15, -0.1) is 0 Å². The predicted molar refractivity (Wildman–Crippen MR) is 84.9 cm³/mol. The number of nitrogens with zero attached hydrogens (tertiary/aromatic N) is 4. The van der Waals surface area contributed by atoms with E-state index in [2.05, 4.69) is 10.2 Å². The first-order valence-electron chi connectivity index (χ1n) is 7.84. The average molecular weight is 336 g/mol. The summed E-state index contributed by atoms with van der Waals surface area (Å²) in [5, 5.41) is 34.9. The summed E-state index contributed by atoms with van der Waals surface area (Å²) in [5.41, 5.74) is -2.59. The molecule has 24 heavy (non-hydrogen) atoms. The van der Waals surface area contributed by atoms with Gasteiger partial charge in [0.25, 0.3) is 0 Å². The monoisotopic (exact) mass is 336 g/mol. The molecule has 0 radical (unpaired) electrons. The molecule has 1 N–H and O–H groups in total. The van der Waals surface area contributed by atoms with Gasteiger partial charge in [0.2, 0.25) is 0 Å². The Labute approximate surface area is 142 Å². The number of rotatable bonds is 11. The fraction of sp³-hybridized carbons (Fsp3) is 0.750. The molecule has 8 heteroatoms. The second-order valence-corrected chi connectivity index (χ2v) is 5.94. The van der Waals surface area contributed by atoms with Crippen molar-refractivity contribution in [2.75, 3.05) is 6.61 Å². The molecule has 0 aliphatic carbocycles. The average Bonchev–Trinajstić information content (AvgIpc) is 2.56. The number of carbonyl (C=O) groups excluding carboxylic acids is 1. The van der Waals surface area contributed by atoms with Crippen LogP contribution >= 0.6 is 0 Å². The Hall–Kier alpha value is -2.48. The van der Waals surface area contributed by atoms with Gasteiger partial charge < -0.3 is 9.84 Å². The lowest BCUT2D eigenvalue weighted by Gasteiger charge is -2.18. The largest absolute Gasteiger partial charge is 0.481 e. The van der Waals surface area contributed by atoms with Crippen molar-refractivity contribution in [2.45, 2.75) is 70.4 Å². The van der Waals surface area contributed by atoms with Crippen LogP contribution in [0.1, 0.15) is 59.3 Å². The number of esters is 1. The first kappa shape index (κ1) is 21.5. The second-order valence-electron chi connectivity index (χ2n) is 5.94. The molecule has 0 aromatic carbocycles. The number of ether oxygens (including phenoxy) is 1. The highest BCUT2D eigenvalue weighted by Crippen LogP contribution is 2.23. The van der Waals surface area contributed by atoms with Crippen molar-refractivity contribution in [2.24, 2.45) is 10.2 Å². The Bertz CT molecular complexity index is 549. The van der Waals surface area contributed by atoms with E-state index in [4.69, 9.17) is 15.1 Å². The van der Waals surface area contributed by atoms with Crippen LogP contribution in [0, 0.1) is 22.7 Å². The van der Waals surface area contributed by atoms with Crippen LogP contribution in [0.15, 0.2) is 10.2 Å². The summed E-state index contributed by atoms with van der Waals surface area (Å²) in [4.78, 5) is 22.2. The van der Waals surface area contributed by atoms with E-state index < -0.39 is 23.0 Å². The van der Waals surface area contributed by atoms with Crippen LogP contribution in [0.2, 0.25) is 0 Å². The maximum atomic E-state index is 11.6. The van der Waals surface area contributed by atoms with Crippen molar-refractivity contribution >= 4 is 11.9 Å². The zero-order valence-electron chi connectivity index (χ0n) is 14.4. The maximum absolute atomic E-state index is 11.6. The summed E-state index contributed by atoms with van der Waals surface area (Å²) in [6.45, 7) is 5.29. The summed E-state index contributed by atoms with van der Waals surface area (Å²) < 4.78 is 5.02. The van der Waals surface area contributed by atoms with E-state index in [1.807, 2.05) is 19.1 Å². The van der Waals surface area contributed by atoms with Gasteiger partial charge in [-0.2, -0.15) is 20.8 Å². The SMILES string of the molecule is CCCCOC(=O)CCC(C)(C#N)N=NC(C)(C#N)CCC(=O)O. The van der Waals surface area contributed by atoms with Crippen molar-refractivity contribution in [3.8, 4) is 12.1 Å². The van der Waals surface area contributed by atoms with Gasteiger partial charge in [0.05, 0.1) is 18.7 Å². The third kappa shape index (κ3) is 8.84. The molecule has 0 aromatic rings. The minimum absolute atomic E-state index is 0.0110. The summed E-state index contributed by atoms with van der Waals surface area (Å²) >= 11 is 0. The molecule has 0 heterocycles. The molecule has 0 aliphatic heterocycles. The Morgan fingerprint density at radius 1 is 1.08 bits per heavy atom. The first-order chi connectivity index (χ1) is 11.2. The highest BCUT2D eigenvalue weighted by atomic mass is 16.5. The number of hydrogen-bond acceptors (Lipinski definition) is 7. The van der Waals surface area contributed by atoms with Crippen LogP contribution in [0.3, 0.4) is 0 Å². The molecule has 0 saturated heterocycles. The normalized spacial score (nSPS) is 15.7. The Kier molecular flexibility index (Phi) is 9.26. The van der Waals surface area contributed by atoms with E-state index in [1.165, 1.54) is 13.8 Å². The third-order valence-electron chi connectivity index (χ3n) is 3.38. The van der Waals surface area contributed by atoms with Crippen LogP contribution in [-0.4, -0.2) is 34.7 Å². The number of aliphatic carboxylic acids is 1. The quantitative estimate of drug-likeness (QED) is 0.350. The van der Waals surface area contributed by atoms with Crippen LogP contribution in [-0.2, 0) is 14.3 Å². The standard InChI is InChI=1S/C16H24N4O4/c1-4-5-10-24-14(23)7-9-16(3,12-18)20-19-15(2,11-17)8-6-13(21)22/h4-10H2,1-3H3,(H,21,22).